The van der Waals surface area contributed by atoms with Gasteiger partial charge < -0.3 is 0 Å². The maximum Gasteiger partial charge on any atom is 0.0933 e. The fraction of sp³-hybridized carbons (Fsp3) is 0.231. The van der Waals surface area contributed by atoms with Gasteiger partial charge in [0.05, 0.1) is 6.61 Å². The van der Waals surface area contributed by atoms with Crippen LogP contribution in [0.4, 0.5) is 0 Å². The second-order valence-corrected chi connectivity index (χ2v) is 4.53. The number of nitrogens with one attached hydrogen (secondary N) is 1. The molecule has 1 aromatic heterocycles. The molecule has 1 aromatic carbocycles. The maximum atomic E-state index is 5.37. The summed E-state index contributed by atoms with van der Waals surface area (Å²) >= 11 is 1.78. The molecule has 0 fully saturated rings. The minimum Gasteiger partial charge on any atom is -0.297 e. The van der Waals surface area contributed by atoms with E-state index in [4.69, 9.17) is 4.84 Å². The van der Waals surface area contributed by atoms with Crippen LogP contribution in [-0.2, 0) is 17.9 Å². The lowest BCUT2D eigenvalue weighted by Gasteiger charge is -2.04. The quantitative estimate of drug-likeness (QED) is 0.611. The standard InChI is InChI=1S/C13H15NOS/c1-2-5-12(6-3-1)11-15-14-9-8-13-7-4-10-16-13/h1-7,10,14H,8-9,11H2. The van der Waals surface area contributed by atoms with Crippen molar-refractivity contribution in [3.05, 3.63) is 58.3 Å². The minimum atomic E-state index is 0.616. The summed E-state index contributed by atoms with van der Waals surface area (Å²) in [5.41, 5.74) is 4.17. The molecule has 0 aliphatic carbocycles. The van der Waals surface area contributed by atoms with Gasteiger partial charge in [-0.2, -0.15) is 0 Å². The van der Waals surface area contributed by atoms with Gasteiger partial charge in [0.15, 0.2) is 0 Å². The van der Waals surface area contributed by atoms with Crippen LogP contribution in [0.1, 0.15) is 10.4 Å². The molecule has 0 amide bonds. The van der Waals surface area contributed by atoms with Crippen molar-refractivity contribution >= 4 is 11.3 Å². The first-order valence-electron chi connectivity index (χ1n) is 5.36. The van der Waals surface area contributed by atoms with E-state index in [0.717, 1.165) is 13.0 Å². The van der Waals surface area contributed by atoms with Gasteiger partial charge in [-0.1, -0.05) is 36.4 Å². The summed E-state index contributed by atoms with van der Waals surface area (Å²) in [6, 6.07) is 14.4. The molecule has 3 heteroatoms. The first kappa shape index (κ1) is 11.3. The molecule has 1 heterocycles. The predicted molar refractivity (Wildman–Crippen MR) is 67.3 cm³/mol. The molecule has 0 unspecified atom stereocenters. The Balaban J connectivity index is 1.59. The Hall–Kier alpha value is -1.16. The second-order valence-electron chi connectivity index (χ2n) is 3.50. The molecular formula is C13H15NOS. The Morgan fingerprint density at radius 2 is 1.94 bits per heavy atom. The molecule has 1 N–H and O–H groups in total. The lowest BCUT2D eigenvalue weighted by atomic mass is 10.2. The topological polar surface area (TPSA) is 21.3 Å². The minimum absolute atomic E-state index is 0.616. The zero-order chi connectivity index (χ0) is 11.1. The summed E-state index contributed by atoms with van der Waals surface area (Å²) in [5.74, 6) is 0. The van der Waals surface area contributed by atoms with Crippen LogP contribution in [0.25, 0.3) is 0 Å². The highest BCUT2D eigenvalue weighted by atomic mass is 32.1. The molecule has 0 radical (unpaired) electrons. The molecule has 2 aromatic rings. The van der Waals surface area contributed by atoms with E-state index in [-0.39, 0.29) is 0 Å². The van der Waals surface area contributed by atoms with E-state index in [0.29, 0.717) is 6.61 Å². The van der Waals surface area contributed by atoms with Gasteiger partial charge in [-0.3, -0.25) is 4.84 Å². The number of benzene rings is 1. The maximum absolute atomic E-state index is 5.37. The first-order valence-corrected chi connectivity index (χ1v) is 6.24. The summed E-state index contributed by atoms with van der Waals surface area (Å²) in [6.45, 7) is 1.47. The van der Waals surface area contributed by atoms with Crippen LogP contribution < -0.4 is 5.48 Å². The molecule has 0 aliphatic rings. The number of thiophene rings is 1. The van der Waals surface area contributed by atoms with Crippen molar-refractivity contribution in [2.45, 2.75) is 13.0 Å². The van der Waals surface area contributed by atoms with Crippen LogP contribution in [0.2, 0.25) is 0 Å². The number of hydrogen-bond donors (Lipinski definition) is 1. The molecule has 0 atom stereocenters. The fourth-order valence-corrected chi connectivity index (χ4v) is 2.12. The summed E-state index contributed by atoms with van der Waals surface area (Å²) in [7, 11) is 0. The lowest BCUT2D eigenvalue weighted by Crippen LogP contribution is -2.17. The van der Waals surface area contributed by atoms with E-state index in [9.17, 15) is 0 Å². The van der Waals surface area contributed by atoms with Crippen LogP contribution in [-0.4, -0.2) is 6.54 Å². The van der Waals surface area contributed by atoms with Gasteiger partial charge in [-0.25, -0.2) is 5.48 Å². The predicted octanol–water partition coefficient (Wildman–Crippen LogP) is 3.01. The van der Waals surface area contributed by atoms with Crippen molar-refractivity contribution in [3.8, 4) is 0 Å². The molecule has 84 valence electrons. The van der Waals surface area contributed by atoms with Gasteiger partial charge >= 0.3 is 0 Å². The van der Waals surface area contributed by atoms with Crippen LogP contribution in [0.15, 0.2) is 47.8 Å². The van der Waals surface area contributed by atoms with Crippen LogP contribution in [0.5, 0.6) is 0 Å². The van der Waals surface area contributed by atoms with Crippen LogP contribution >= 0.6 is 11.3 Å². The zero-order valence-corrected chi connectivity index (χ0v) is 9.87. The van der Waals surface area contributed by atoms with Crippen LogP contribution in [0.3, 0.4) is 0 Å². The summed E-state index contributed by atoms with van der Waals surface area (Å²) in [6.07, 6.45) is 1.02. The van der Waals surface area contributed by atoms with Crippen molar-refractivity contribution in [1.82, 2.24) is 5.48 Å². The Morgan fingerprint density at radius 1 is 1.06 bits per heavy atom. The van der Waals surface area contributed by atoms with Gasteiger partial charge in [0.1, 0.15) is 0 Å². The van der Waals surface area contributed by atoms with Gasteiger partial charge in [0.2, 0.25) is 0 Å². The van der Waals surface area contributed by atoms with Crippen molar-refractivity contribution in [3.63, 3.8) is 0 Å². The van der Waals surface area contributed by atoms with Crippen molar-refractivity contribution in [2.24, 2.45) is 0 Å². The summed E-state index contributed by atoms with van der Waals surface area (Å²) < 4.78 is 0. The molecule has 0 aliphatic heterocycles. The third-order valence-electron chi connectivity index (χ3n) is 2.24. The van der Waals surface area contributed by atoms with E-state index < -0.39 is 0 Å². The van der Waals surface area contributed by atoms with E-state index in [1.807, 2.05) is 18.2 Å². The van der Waals surface area contributed by atoms with E-state index in [1.165, 1.54) is 10.4 Å². The van der Waals surface area contributed by atoms with Crippen molar-refractivity contribution in [1.29, 1.82) is 0 Å². The van der Waals surface area contributed by atoms with E-state index >= 15 is 0 Å². The van der Waals surface area contributed by atoms with Gasteiger partial charge in [0, 0.05) is 11.4 Å². The Bertz CT molecular complexity index is 386. The number of hydroxylamine groups is 1. The van der Waals surface area contributed by atoms with Gasteiger partial charge in [-0.05, 0) is 23.4 Å². The lowest BCUT2D eigenvalue weighted by molar-refractivity contribution is 0.0289. The number of hydrogen-bond acceptors (Lipinski definition) is 3. The molecule has 0 saturated heterocycles. The largest absolute Gasteiger partial charge is 0.297 e. The Morgan fingerprint density at radius 3 is 2.69 bits per heavy atom. The smallest absolute Gasteiger partial charge is 0.0933 e. The molecule has 0 spiro atoms. The fourth-order valence-electron chi connectivity index (χ4n) is 1.41. The van der Waals surface area contributed by atoms with Crippen LogP contribution in [0, 0.1) is 0 Å². The monoisotopic (exact) mass is 233 g/mol. The van der Waals surface area contributed by atoms with E-state index in [1.54, 1.807) is 11.3 Å². The Labute approximate surface area is 99.8 Å². The highest BCUT2D eigenvalue weighted by Crippen LogP contribution is 2.08. The Kier molecular flexibility index (Phi) is 4.55. The molecule has 0 saturated carbocycles. The molecule has 2 nitrogen and oxygen atoms in total. The third kappa shape index (κ3) is 3.77. The summed E-state index contributed by atoms with van der Waals surface area (Å²) in [5, 5.41) is 2.10. The SMILES string of the molecule is c1ccc(CONCCc2cccs2)cc1. The molecule has 2 rings (SSSR count). The highest BCUT2D eigenvalue weighted by Gasteiger charge is 1.94. The van der Waals surface area contributed by atoms with E-state index in [2.05, 4.69) is 35.1 Å². The van der Waals surface area contributed by atoms with Gasteiger partial charge in [0.25, 0.3) is 0 Å². The average molecular weight is 233 g/mol. The number of rotatable bonds is 6. The normalized spacial score (nSPS) is 10.5. The van der Waals surface area contributed by atoms with Crippen molar-refractivity contribution < 1.29 is 4.84 Å². The third-order valence-corrected chi connectivity index (χ3v) is 3.17. The summed E-state index contributed by atoms with van der Waals surface area (Å²) in [4.78, 5) is 6.76. The molecule has 0 bridgehead atoms. The molecule has 16 heavy (non-hydrogen) atoms. The van der Waals surface area contributed by atoms with Crippen molar-refractivity contribution in [2.75, 3.05) is 6.54 Å². The van der Waals surface area contributed by atoms with Gasteiger partial charge in [-0.15, -0.1) is 11.3 Å². The second kappa shape index (κ2) is 6.43. The average Bonchev–Trinajstić information content (AvgIpc) is 2.83. The highest BCUT2D eigenvalue weighted by molar-refractivity contribution is 7.09. The molecular weight excluding hydrogens is 218 g/mol. The zero-order valence-electron chi connectivity index (χ0n) is 9.06. The first-order chi connectivity index (χ1) is 7.95.